The first kappa shape index (κ1) is 17.5. The maximum Gasteiger partial charge on any atom is 0.0847 e. The quantitative estimate of drug-likeness (QED) is 0.740. The molecule has 0 aliphatic heterocycles. The van der Waals surface area contributed by atoms with Gasteiger partial charge in [-0.25, -0.2) is 0 Å². The molecule has 0 fully saturated rings. The van der Waals surface area contributed by atoms with Crippen molar-refractivity contribution in [3.63, 3.8) is 0 Å². The third-order valence-electron chi connectivity index (χ3n) is 3.96. The van der Waals surface area contributed by atoms with Crippen LogP contribution in [0.3, 0.4) is 0 Å². The number of rotatable bonds is 9. The van der Waals surface area contributed by atoms with E-state index in [-0.39, 0.29) is 0 Å². The van der Waals surface area contributed by atoms with E-state index in [1.165, 1.54) is 18.5 Å². The number of nitrogens with zero attached hydrogens (tertiary/aromatic N) is 2. The fourth-order valence-electron chi connectivity index (χ4n) is 2.54. The summed E-state index contributed by atoms with van der Waals surface area (Å²) >= 11 is 6.43. The van der Waals surface area contributed by atoms with E-state index in [2.05, 4.69) is 42.8 Å². The first-order valence-corrected chi connectivity index (χ1v) is 8.36. The summed E-state index contributed by atoms with van der Waals surface area (Å²) < 4.78 is 2.05. The zero-order valence-electron chi connectivity index (χ0n) is 13.7. The second kappa shape index (κ2) is 8.68. The van der Waals surface area contributed by atoms with Crippen molar-refractivity contribution in [1.29, 1.82) is 0 Å². The number of aromatic nitrogens is 2. The summed E-state index contributed by atoms with van der Waals surface area (Å²) in [6.45, 7) is 12.8. The van der Waals surface area contributed by atoms with Crippen molar-refractivity contribution in [2.24, 2.45) is 5.92 Å². The summed E-state index contributed by atoms with van der Waals surface area (Å²) in [6, 6.07) is 0.490. The third-order valence-corrected chi connectivity index (χ3v) is 4.45. The first-order chi connectivity index (χ1) is 9.53. The van der Waals surface area contributed by atoms with Crippen LogP contribution in [0.4, 0.5) is 0 Å². The molecule has 116 valence electrons. The lowest BCUT2D eigenvalue weighted by molar-refractivity contribution is 0.384. The molecule has 0 aliphatic rings. The highest BCUT2D eigenvalue weighted by atomic mass is 35.5. The molecule has 1 aromatic heterocycles. The lowest BCUT2D eigenvalue weighted by Gasteiger charge is -2.22. The summed E-state index contributed by atoms with van der Waals surface area (Å²) in [5, 5.41) is 9.04. The largest absolute Gasteiger partial charge is 0.314 e. The van der Waals surface area contributed by atoms with E-state index in [0.29, 0.717) is 6.04 Å². The Kier molecular flexibility index (Phi) is 7.60. The van der Waals surface area contributed by atoms with Gasteiger partial charge in [-0.3, -0.25) is 4.68 Å². The molecule has 0 radical (unpaired) electrons. The van der Waals surface area contributed by atoms with Crippen molar-refractivity contribution >= 4 is 11.6 Å². The van der Waals surface area contributed by atoms with Gasteiger partial charge in [0.05, 0.1) is 16.4 Å². The zero-order valence-corrected chi connectivity index (χ0v) is 14.4. The fraction of sp³-hybridized carbons (Fsp3) is 0.812. The standard InChI is InChI=1S/C16H30ClN3/c1-6-9-18-14(10-12(4)7-2)11-15-16(17)13(5)19-20(15)8-3/h12,14,18H,6-11H2,1-5H3. The number of aryl methyl sites for hydroxylation is 2. The van der Waals surface area contributed by atoms with Gasteiger partial charge in [0.25, 0.3) is 0 Å². The molecule has 0 aliphatic carbocycles. The highest BCUT2D eigenvalue weighted by Gasteiger charge is 2.19. The Morgan fingerprint density at radius 3 is 2.55 bits per heavy atom. The molecule has 1 N–H and O–H groups in total. The van der Waals surface area contributed by atoms with Crippen molar-refractivity contribution in [3.05, 3.63) is 16.4 Å². The minimum absolute atomic E-state index is 0.490. The predicted octanol–water partition coefficient (Wildman–Crippen LogP) is 4.21. The number of halogens is 1. The van der Waals surface area contributed by atoms with Gasteiger partial charge >= 0.3 is 0 Å². The summed E-state index contributed by atoms with van der Waals surface area (Å²) in [6.07, 6.45) is 4.56. The molecule has 20 heavy (non-hydrogen) atoms. The average molecular weight is 300 g/mol. The molecular formula is C16H30ClN3. The highest BCUT2D eigenvalue weighted by Crippen LogP contribution is 2.23. The summed E-state index contributed by atoms with van der Waals surface area (Å²) in [7, 11) is 0. The predicted molar refractivity (Wildman–Crippen MR) is 87.5 cm³/mol. The summed E-state index contributed by atoms with van der Waals surface area (Å²) in [4.78, 5) is 0. The van der Waals surface area contributed by atoms with Crippen molar-refractivity contribution in [2.75, 3.05) is 6.54 Å². The van der Waals surface area contributed by atoms with Gasteiger partial charge in [-0.15, -0.1) is 0 Å². The maximum atomic E-state index is 6.43. The molecular weight excluding hydrogens is 270 g/mol. The molecule has 4 heteroatoms. The van der Waals surface area contributed by atoms with E-state index in [1.54, 1.807) is 0 Å². The minimum Gasteiger partial charge on any atom is -0.314 e. The third kappa shape index (κ3) is 4.78. The smallest absolute Gasteiger partial charge is 0.0847 e. The molecule has 1 aromatic rings. The van der Waals surface area contributed by atoms with Crippen LogP contribution < -0.4 is 5.32 Å². The average Bonchev–Trinajstić information content (AvgIpc) is 2.72. The van der Waals surface area contributed by atoms with Gasteiger partial charge in [-0.2, -0.15) is 5.10 Å². The van der Waals surface area contributed by atoms with Gasteiger partial charge in [-0.05, 0) is 39.2 Å². The first-order valence-electron chi connectivity index (χ1n) is 7.98. The molecule has 0 saturated carbocycles. The Morgan fingerprint density at radius 1 is 1.30 bits per heavy atom. The Morgan fingerprint density at radius 2 is 2.00 bits per heavy atom. The molecule has 0 bridgehead atoms. The topological polar surface area (TPSA) is 29.9 Å². The monoisotopic (exact) mass is 299 g/mol. The van der Waals surface area contributed by atoms with E-state index in [0.717, 1.165) is 42.6 Å². The highest BCUT2D eigenvalue weighted by molar-refractivity contribution is 6.31. The van der Waals surface area contributed by atoms with Crippen molar-refractivity contribution in [1.82, 2.24) is 15.1 Å². The van der Waals surface area contributed by atoms with Gasteiger partial charge in [0.15, 0.2) is 0 Å². The van der Waals surface area contributed by atoms with E-state index in [9.17, 15) is 0 Å². The molecule has 0 saturated heterocycles. The number of hydrogen-bond acceptors (Lipinski definition) is 2. The fourth-order valence-corrected chi connectivity index (χ4v) is 2.75. The van der Waals surface area contributed by atoms with Gasteiger partial charge in [0.2, 0.25) is 0 Å². The van der Waals surface area contributed by atoms with Crippen LogP contribution >= 0.6 is 11.6 Å². The SMILES string of the molecule is CCCNC(Cc1c(Cl)c(C)nn1CC)CC(C)CC. The van der Waals surface area contributed by atoms with Crippen LogP contribution in [0.1, 0.15) is 58.3 Å². The van der Waals surface area contributed by atoms with Crippen LogP contribution in [0.25, 0.3) is 0 Å². The number of nitrogens with one attached hydrogen (secondary N) is 1. The normalized spacial score (nSPS) is 14.5. The van der Waals surface area contributed by atoms with Crippen LogP contribution in [0.15, 0.2) is 0 Å². The van der Waals surface area contributed by atoms with Gasteiger partial charge in [0.1, 0.15) is 0 Å². The Hall–Kier alpha value is -0.540. The van der Waals surface area contributed by atoms with E-state index in [4.69, 9.17) is 11.6 Å². The molecule has 1 rings (SSSR count). The molecule has 0 spiro atoms. The molecule has 0 aromatic carbocycles. The Balaban J connectivity index is 2.82. The van der Waals surface area contributed by atoms with Gasteiger partial charge < -0.3 is 5.32 Å². The van der Waals surface area contributed by atoms with Crippen molar-refractivity contribution < 1.29 is 0 Å². The van der Waals surface area contributed by atoms with Crippen LogP contribution in [0.2, 0.25) is 5.02 Å². The van der Waals surface area contributed by atoms with E-state index >= 15 is 0 Å². The summed E-state index contributed by atoms with van der Waals surface area (Å²) in [5.41, 5.74) is 2.13. The van der Waals surface area contributed by atoms with Crippen LogP contribution in [0, 0.1) is 12.8 Å². The van der Waals surface area contributed by atoms with Crippen LogP contribution in [-0.2, 0) is 13.0 Å². The second-order valence-corrected chi connectivity index (χ2v) is 6.14. The van der Waals surface area contributed by atoms with Crippen molar-refractivity contribution in [2.45, 2.75) is 72.9 Å². The summed E-state index contributed by atoms with van der Waals surface area (Å²) in [5.74, 6) is 0.738. The van der Waals surface area contributed by atoms with Crippen LogP contribution in [-0.4, -0.2) is 22.4 Å². The van der Waals surface area contributed by atoms with Crippen molar-refractivity contribution in [3.8, 4) is 0 Å². The lowest BCUT2D eigenvalue weighted by Crippen LogP contribution is -2.34. The zero-order chi connectivity index (χ0) is 15.1. The molecule has 0 amide bonds. The van der Waals surface area contributed by atoms with E-state index < -0.39 is 0 Å². The molecule has 2 atom stereocenters. The molecule has 2 unspecified atom stereocenters. The Bertz CT molecular complexity index is 401. The maximum absolute atomic E-state index is 6.43. The van der Waals surface area contributed by atoms with Gasteiger partial charge in [-0.1, -0.05) is 38.8 Å². The lowest BCUT2D eigenvalue weighted by atomic mass is 9.96. The molecule has 1 heterocycles. The number of hydrogen-bond donors (Lipinski definition) is 1. The van der Waals surface area contributed by atoms with Crippen LogP contribution in [0.5, 0.6) is 0 Å². The van der Waals surface area contributed by atoms with E-state index in [1.807, 2.05) is 6.92 Å². The second-order valence-electron chi connectivity index (χ2n) is 5.77. The van der Waals surface area contributed by atoms with Gasteiger partial charge in [0, 0.05) is 19.0 Å². The Labute approximate surface area is 129 Å². The molecule has 3 nitrogen and oxygen atoms in total. The minimum atomic E-state index is 0.490.